The number of nitrogens with zero attached hydrogens (tertiary/aromatic N) is 4. The molecule has 0 saturated heterocycles. The molecule has 0 saturated carbocycles. The molecule has 2 aromatic heterocycles. The first kappa shape index (κ1) is 19.3. The Hall–Kier alpha value is -2.45. The summed E-state index contributed by atoms with van der Waals surface area (Å²) in [4.78, 5) is 7.33. The summed E-state index contributed by atoms with van der Waals surface area (Å²) in [7, 11) is 1.79. The second-order valence-electron chi connectivity index (χ2n) is 5.47. The molecule has 0 spiro atoms. The minimum atomic E-state index is -2.77. The average molecular weight is 414 g/mol. The number of benzene rings is 1. The first-order valence-electron chi connectivity index (χ1n) is 7.91. The third-order valence-corrected chi connectivity index (χ3v) is 4.38. The van der Waals surface area contributed by atoms with E-state index >= 15 is 0 Å². The van der Waals surface area contributed by atoms with Crippen LogP contribution in [0.5, 0.6) is 5.88 Å². The summed E-state index contributed by atoms with van der Waals surface area (Å²) in [6.45, 7) is 0.515. The number of rotatable bonds is 7. The van der Waals surface area contributed by atoms with Gasteiger partial charge in [0.1, 0.15) is 29.5 Å². The Labute approximate surface area is 164 Å². The molecule has 142 valence electrons. The highest BCUT2D eigenvalue weighted by Crippen LogP contribution is 2.30. The fraction of sp³-hybridized carbons (Fsp3) is 0.235. The second kappa shape index (κ2) is 8.49. The maximum Gasteiger partial charge on any atom is 0.282 e. The number of nitrogens with one attached hydrogen (secondary N) is 1. The van der Waals surface area contributed by atoms with Gasteiger partial charge in [-0.2, -0.15) is 0 Å². The van der Waals surface area contributed by atoms with Crippen LogP contribution in [-0.2, 0) is 7.05 Å². The summed E-state index contributed by atoms with van der Waals surface area (Å²) < 4.78 is 32.8. The summed E-state index contributed by atoms with van der Waals surface area (Å²) in [5.41, 5.74) is 1.14. The monoisotopic (exact) mass is 413 g/mol. The van der Waals surface area contributed by atoms with E-state index in [4.69, 9.17) is 27.9 Å². The fourth-order valence-corrected chi connectivity index (χ4v) is 2.90. The topological polar surface area (TPSA) is 64.9 Å². The summed E-state index contributed by atoms with van der Waals surface area (Å²) in [6.07, 6.45) is -1.74. The number of hydrogen-bond acceptors (Lipinski definition) is 5. The van der Waals surface area contributed by atoms with Gasteiger partial charge in [-0.15, -0.1) is 5.10 Å². The Morgan fingerprint density at radius 1 is 1.22 bits per heavy atom. The van der Waals surface area contributed by atoms with E-state index < -0.39 is 12.1 Å². The molecule has 6 nitrogen and oxygen atoms in total. The van der Waals surface area contributed by atoms with Crippen LogP contribution in [0.1, 0.15) is 12.1 Å². The highest BCUT2D eigenvalue weighted by atomic mass is 35.5. The number of anilines is 1. The largest absolute Gasteiger partial charge is 0.475 e. The standard InChI is InChI=1S/C17H15Cl2F2N5O/c1-26-12(10-4-2-3-5-11(10)18)8-13(25-26)27-7-6-22-17-14(19)15(16(20)21)23-9-24-17/h2-5,8-9,16H,6-7H2,1H3,(H,22,23,24). The molecule has 0 aliphatic carbocycles. The lowest BCUT2D eigenvalue weighted by Gasteiger charge is -2.09. The van der Waals surface area contributed by atoms with Crippen molar-refractivity contribution >= 4 is 29.0 Å². The van der Waals surface area contributed by atoms with Crippen LogP contribution >= 0.6 is 23.2 Å². The maximum atomic E-state index is 12.8. The predicted molar refractivity (Wildman–Crippen MR) is 99.6 cm³/mol. The Morgan fingerprint density at radius 2 is 2.00 bits per heavy atom. The second-order valence-corrected chi connectivity index (χ2v) is 6.25. The Morgan fingerprint density at radius 3 is 2.74 bits per heavy atom. The van der Waals surface area contributed by atoms with Crippen molar-refractivity contribution in [2.45, 2.75) is 6.43 Å². The van der Waals surface area contributed by atoms with Gasteiger partial charge >= 0.3 is 0 Å². The molecule has 0 radical (unpaired) electrons. The van der Waals surface area contributed by atoms with Crippen molar-refractivity contribution in [3.8, 4) is 17.1 Å². The molecule has 27 heavy (non-hydrogen) atoms. The van der Waals surface area contributed by atoms with Crippen LogP contribution in [0.3, 0.4) is 0 Å². The molecule has 0 unspecified atom stereocenters. The smallest absolute Gasteiger partial charge is 0.282 e. The van der Waals surface area contributed by atoms with E-state index in [-0.39, 0.29) is 24.0 Å². The van der Waals surface area contributed by atoms with E-state index in [1.807, 2.05) is 18.2 Å². The normalized spacial score (nSPS) is 11.0. The summed E-state index contributed by atoms with van der Waals surface area (Å²) in [5, 5.41) is 7.54. The molecule has 0 fully saturated rings. The van der Waals surface area contributed by atoms with Crippen LogP contribution in [0.2, 0.25) is 10.0 Å². The van der Waals surface area contributed by atoms with Gasteiger partial charge in [0, 0.05) is 23.7 Å². The number of alkyl halides is 2. The highest BCUT2D eigenvalue weighted by molar-refractivity contribution is 6.33. The Bertz CT molecular complexity index is 935. The minimum absolute atomic E-state index is 0.128. The molecule has 1 N–H and O–H groups in total. The molecule has 0 amide bonds. The molecular formula is C17H15Cl2F2N5O. The molecule has 0 bridgehead atoms. The van der Waals surface area contributed by atoms with Crippen LogP contribution in [0.25, 0.3) is 11.3 Å². The van der Waals surface area contributed by atoms with Gasteiger partial charge in [-0.1, -0.05) is 41.4 Å². The Kier molecular flexibility index (Phi) is 6.08. The van der Waals surface area contributed by atoms with Gasteiger partial charge in [-0.3, -0.25) is 4.68 Å². The molecule has 0 aliphatic rings. The van der Waals surface area contributed by atoms with Crippen LogP contribution < -0.4 is 10.1 Å². The first-order chi connectivity index (χ1) is 13.0. The quantitative estimate of drug-likeness (QED) is 0.572. The molecule has 10 heteroatoms. The van der Waals surface area contributed by atoms with E-state index in [0.29, 0.717) is 10.9 Å². The van der Waals surface area contributed by atoms with E-state index in [2.05, 4.69) is 20.4 Å². The van der Waals surface area contributed by atoms with Gasteiger partial charge in [0.2, 0.25) is 5.88 Å². The number of aromatic nitrogens is 4. The number of hydrogen-bond donors (Lipinski definition) is 1. The van der Waals surface area contributed by atoms with Crippen molar-refractivity contribution in [1.29, 1.82) is 0 Å². The van der Waals surface area contributed by atoms with E-state index in [0.717, 1.165) is 17.6 Å². The van der Waals surface area contributed by atoms with E-state index in [1.54, 1.807) is 23.9 Å². The SMILES string of the molecule is Cn1nc(OCCNc2ncnc(C(F)F)c2Cl)cc1-c1ccccc1Cl. The van der Waals surface area contributed by atoms with Gasteiger partial charge in [0.25, 0.3) is 6.43 Å². The van der Waals surface area contributed by atoms with Crippen molar-refractivity contribution < 1.29 is 13.5 Å². The molecule has 3 rings (SSSR count). The van der Waals surface area contributed by atoms with Gasteiger partial charge in [0.15, 0.2) is 0 Å². The number of halogens is 4. The van der Waals surface area contributed by atoms with Gasteiger partial charge in [-0.05, 0) is 6.07 Å². The van der Waals surface area contributed by atoms with Crippen LogP contribution in [0, 0.1) is 0 Å². The van der Waals surface area contributed by atoms with Crippen molar-refractivity contribution in [2.24, 2.45) is 7.05 Å². The van der Waals surface area contributed by atoms with Crippen LogP contribution in [-0.4, -0.2) is 32.9 Å². The third kappa shape index (κ3) is 4.45. The van der Waals surface area contributed by atoms with E-state index in [9.17, 15) is 8.78 Å². The molecule has 0 atom stereocenters. The lowest BCUT2D eigenvalue weighted by molar-refractivity contribution is 0.146. The van der Waals surface area contributed by atoms with Crippen LogP contribution in [0.15, 0.2) is 36.7 Å². The molecule has 3 aromatic rings. The fourth-order valence-electron chi connectivity index (χ4n) is 2.42. The summed E-state index contributed by atoms with van der Waals surface area (Å²) in [6, 6.07) is 9.20. The Balaban J connectivity index is 1.60. The highest BCUT2D eigenvalue weighted by Gasteiger charge is 2.17. The molecular weight excluding hydrogens is 399 g/mol. The molecule has 2 heterocycles. The summed E-state index contributed by atoms with van der Waals surface area (Å²) >= 11 is 12.1. The molecule has 0 aliphatic heterocycles. The zero-order valence-corrected chi connectivity index (χ0v) is 15.7. The number of ether oxygens (including phenoxy) is 1. The van der Waals surface area contributed by atoms with Crippen molar-refractivity contribution in [1.82, 2.24) is 19.7 Å². The first-order valence-corrected chi connectivity index (χ1v) is 8.67. The number of aryl methyl sites for hydroxylation is 1. The van der Waals surface area contributed by atoms with Crippen molar-refractivity contribution in [2.75, 3.05) is 18.5 Å². The zero-order chi connectivity index (χ0) is 19.4. The predicted octanol–water partition coefficient (Wildman–Crippen LogP) is 4.61. The lowest BCUT2D eigenvalue weighted by atomic mass is 10.1. The van der Waals surface area contributed by atoms with Gasteiger partial charge in [0.05, 0.1) is 12.2 Å². The molecule has 1 aromatic carbocycles. The maximum absolute atomic E-state index is 12.8. The summed E-state index contributed by atoms with van der Waals surface area (Å²) in [5.74, 6) is 0.541. The van der Waals surface area contributed by atoms with Crippen molar-refractivity contribution in [3.05, 3.63) is 52.4 Å². The minimum Gasteiger partial charge on any atom is -0.475 e. The van der Waals surface area contributed by atoms with Gasteiger partial charge < -0.3 is 10.1 Å². The lowest BCUT2D eigenvalue weighted by Crippen LogP contribution is -2.13. The van der Waals surface area contributed by atoms with Crippen molar-refractivity contribution in [3.63, 3.8) is 0 Å². The zero-order valence-electron chi connectivity index (χ0n) is 14.2. The van der Waals surface area contributed by atoms with Gasteiger partial charge in [-0.25, -0.2) is 18.7 Å². The average Bonchev–Trinajstić information content (AvgIpc) is 3.00. The van der Waals surface area contributed by atoms with E-state index in [1.165, 1.54) is 0 Å². The third-order valence-electron chi connectivity index (χ3n) is 3.67. The van der Waals surface area contributed by atoms with Crippen LogP contribution in [0.4, 0.5) is 14.6 Å².